The van der Waals surface area contributed by atoms with Crippen LogP contribution in [0.3, 0.4) is 0 Å². The van der Waals surface area contributed by atoms with Crippen molar-refractivity contribution in [3.05, 3.63) is 34.4 Å². The van der Waals surface area contributed by atoms with E-state index in [1.807, 2.05) is 6.92 Å². The fraction of sp³-hybridized carbons (Fsp3) is 0.500. The van der Waals surface area contributed by atoms with E-state index in [2.05, 4.69) is 4.89 Å². The van der Waals surface area contributed by atoms with Crippen LogP contribution in [-0.2, 0) is 24.1 Å². The van der Waals surface area contributed by atoms with Gasteiger partial charge in [-0.2, -0.15) is 0 Å². The highest BCUT2D eigenvalue weighted by Crippen LogP contribution is 2.28. The Balaban J connectivity index is 6.07. The van der Waals surface area contributed by atoms with Crippen molar-refractivity contribution in [1.82, 2.24) is 0 Å². The summed E-state index contributed by atoms with van der Waals surface area (Å²) in [6.45, 7) is 3.15. The summed E-state index contributed by atoms with van der Waals surface area (Å²) in [6.07, 6.45) is 2.75. The molecule has 0 saturated carbocycles. The fourth-order valence-electron chi connectivity index (χ4n) is 2.82. The summed E-state index contributed by atoms with van der Waals surface area (Å²) in [5, 5.41) is 46.0. The molecule has 0 heterocycles. The number of rotatable bonds is 15. The molecular formula is C20H28O10. The van der Waals surface area contributed by atoms with E-state index in [0.717, 1.165) is 0 Å². The lowest BCUT2D eigenvalue weighted by Crippen LogP contribution is -2.18. The molecule has 0 radical (unpaired) electrons. The van der Waals surface area contributed by atoms with E-state index in [1.165, 1.54) is 6.08 Å². The van der Waals surface area contributed by atoms with Crippen LogP contribution in [0, 0.1) is 5.92 Å². The molecule has 5 N–H and O–H groups in total. The third kappa shape index (κ3) is 9.48. The monoisotopic (exact) mass is 428 g/mol. The summed E-state index contributed by atoms with van der Waals surface area (Å²) in [6, 6.07) is 0. The second-order valence-electron chi connectivity index (χ2n) is 6.54. The Hall–Kier alpha value is -2.98. The van der Waals surface area contributed by atoms with E-state index in [9.17, 15) is 34.5 Å². The van der Waals surface area contributed by atoms with Crippen molar-refractivity contribution in [2.45, 2.75) is 52.4 Å². The molecule has 0 fully saturated rings. The zero-order valence-corrected chi connectivity index (χ0v) is 17.0. The molecule has 0 saturated heterocycles. The topological polar surface area (TPSA) is 179 Å². The van der Waals surface area contributed by atoms with Crippen LogP contribution in [0.5, 0.6) is 0 Å². The molecule has 0 aromatic rings. The Labute approximate surface area is 173 Å². The minimum Gasteiger partial charge on any atom is -0.481 e. The number of carbonyl (C=O) groups is 4. The van der Waals surface area contributed by atoms with Crippen LogP contribution in [-0.4, -0.2) is 56.2 Å². The molecule has 10 heteroatoms. The van der Waals surface area contributed by atoms with Gasteiger partial charge in [0.1, 0.15) is 6.61 Å². The van der Waals surface area contributed by atoms with Crippen LogP contribution >= 0.6 is 0 Å². The molecule has 0 aliphatic heterocycles. The van der Waals surface area contributed by atoms with Crippen molar-refractivity contribution in [2.24, 2.45) is 5.92 Å². The summed E-state index contributed by atoms with van der Waals surface area (Å²) in [7, 11) is 0. The highest BCUT2D eigenvalue weighted by atomic mass is 17.1. The number of allylic oxidation sites excluding steroid dienone is 1. The van der Waals surface area contributed by atoms with Gasteiger partial charge < -0.3 is 20.4 Å². The Morgan fingerprint density at radius 1 is 0.833 bits per heavy atom. The Kier molecular flexibility index (Phi) is 12.7. The Morgan fingerprint density at radius 2 is 1.37 bits per heavy atom. The molecule has 0 aliphatic carbocycles. The molecule has 10 nitrogen and oxygen atoms in total. The number of carboxylic acid groups (broad SMARTS) is 4. The van der Waals surface area contributed by atoms with E-state index in [1.54, 1.807) is 13.0 Å². The van der Waals surface area contributed by atoms with E-state index in [4.69, 9.17) is 10.4 Å². The molecule has 0 amide bonds. The van der Waals surface area contributed by atoms with Gasteiger partial charge in [0.25, 0.3) is 0 Å². The van der Waals surface area contributed by atoms with Crippen LogP contribution < -0.4 is 0 Å². The molecule has 168 valence electrons. The molecule has 0 aliphatic rings. The van der Waals surface area contributed by atoms with Crippen molar-refractivity contribution >= 4 is 23.9 Å². The van der Waals surface area contributed by atoms with Crippen molar-refractivity contribution in [3.63, 3.8) is 0 Å². The van der Waals surface area contributed by atoms with E-state index < -0.39 is 53.8 Å². The van der Waals surface area contributed by atoms with E-state index >= 15 is 0 Å². The predicted molar refractivity (Wildman–Crippen MR) is 105 cm³/mol. The second-order valence-corrected chi connectivity index (χ2v) is 6.54. The van der Waals surface area contributed by atoms with Gasteiger partial charge in [-0.15, -0.1) is 0 Å². The SMILES string of the molecule is CCC=CC(COO)=C(CC(CC)CC(C(=O)O)=C(CCC(=O)O)C(=O)O)C(=O)O. The van der Waals surface area contributed by atoms with Crippen LogP contribution in [0.4, 0.5) is 0 Å². The van der Waals surface area contributed by atoms with Gasteiger partial charge in [0.2, 0.25) is 0 Å². The minimum atomic E-state index is -1.53. The van der Waals surface area contributed by atoms with Crippen LogP contribution in [0.15, 0.2) is 34.4 Å². The first-order valence-corrected chi connectivity index (χ1v) is 9.37. The van der Waals surface area contributed by atoms with E-state index in [0.29, 0.717) is 12.8 Å². The summed E-state index contributed by atoms with van der Waals surface area (Å²) in [4.78, 5) is 49.8. The van der Waals surface area contributed by atoms with E-state index in [-0.39, 0.29) is 30.6 Å². The number of hydrogen-bond acceptors (Lipinski definition) is 6. The molecule has 0 aromatic carbocycles. The number of carboxylic acids is 4. The van der Waals surface area contributed by atoms with Gasteiger partial charge in [0.15, 0.2) is 0 Å². The Bertz CT molecular complexity index is 730. The first-order chi connectivity index (χ1) is 14.1. The number of aliphatic carboxylic acids is 4. The van der Waals surface area contributed by atoms with Crippen molar-refractivity contribution in [1.29, 1.82) is 0 Å². The van der Waals surface area contributed by atoms with Crippen molar-refractivity contribution < 1.29 is 49.7 Å². The largest absolute Gasteiger partial charge is 0.481 e. The van der Waals surface area contributed by atoms with Crippen LogP contribution in [0.2, 0.25) is 0 Å². The first kappa shape index (κ1) is 27.0. The van der Waals surface area contributed by atoms with Crippen molar-refractivity contribution in [3.8, 4) is 0 Å². The summed E-state index contributed by atoms with van der Waals surface area (Å²) >= 11 is 0. The molecule has 0 aromatic heterocycles. The zero-order valence-electron chi connectivity index (χ0n) is 17.0. The fourth-order valence-corrected chi connectivity index (χ4v) is 2.82. The third-order valence-corrected chi connectivity index (χ3v) is 4.45. The van der Waals surface area contributed by atoms with Gasteiger partial charge in [-0.25, -0.2) is 19.3 Å². The lowest BCUT2D eigenvalue weighted by molar-refractivity contribution is -0.233. The average molecular weight is 428 g/mol. The third-order valence-electron chi connectivity index (χ3n) is 4.45. The highest BCUT2D eigenvalue weighted by molar-refractivity contribution is 5.99. The highest BCUT2D eigenvalue weighted by Gasteiger charge is 2.26. The maximum atomic E-state index is 11.8. The molecule has 0 rings (SSSR count). The van der Waals surface area contributed by atoms with Crippen LogP contribution in [0.25, 0.3) is 0 Å². The molecule has 1 atom stereocenters. The van der Waals surface area contributed by atoms with Gasteiger partial charge in [0, 0.05) is 23.1 Å². The smallest absolute Gasteiger partial charge is 0.332 e. The van der Waals surface area contributed by atoms with Crippen LogP contribution in [0.1, 0.15) is 52.4 Å². The maximum Gasteiger partial charge on any atom is 0.332 e. The van der Waals surface area contributed by atoms with Crippen molar-refractivity contribution in [2.75, 3.05) is 6.61 Å². The van der Waals surface area contributed by atoms with Gasteiger partial charge >= 0.3 is 23.9 Å². The quantitative estimate of drug-likeness (QED) is 0.113. The second kappa shape index (κ2) is 14.1. The molecule has 30 heavy (non-hydrogen) atoms. The first-order valence-electron chi connectivity index (χ1n) is 9.37. The van der Waals surface area contributed by atoms with Gasteiger partial charge in [-0.1, -0.05) is 32.4 Å². The maximum absolute atomic E-state index is 11.8. The predicted octanol–water partition coefficient (Wildman–Crippen LogP) is 2.96. The molecule has 0 spiro atoms. The molecular weight excluding hydrogens is 400 g/mol. The lowest BCUT2D eigenvalue weighted by Gasteiger charge is -2.19. The summed E-state index contributed by atoms with van der Waals surface area (Å²) in [5.41, 5.74) is -0.860. The summed E-state index contributed by atoms with van der Waals surface area (Å²) in [5.74, 6) is -6.12. The Morgan fingerprint density at radius 3 is 1.77 bits per heavy atom. The average Bonchev–Trinajstić information content (AvgIpc) is 2.66. The zero-order chi connectivity index (χ0) is 23.3. The minimum absolute atomic E-state index is 0.0900. The summed E-state index contributed by atoms with van der Waals surface area (Å²) < 4.78 is 0. The molecule has 1 unspecified atom stereocenters. The normalized spacial score (nSPS) is 14.1. The van der Waals surface area contributed by atoms with Gasteiger partial charge in [-0.3, -0.25) is 10.1 Å². The lowest BCUT2D eigenvalue weighted by atomic mass is 9.86. The van der Waals surface area contributed by atoms with Gasteiger partial charge in [0.05, 0.1) is 0 Å². The number of hydrogen-bond donors (Lipinski definition) is 5. The molecule has 0 bridgehead atoms. The standard InChI is InChI=1S/C20H28O10/c1-3-5-6-13(11-30-29)15(19(25)26)9-12(4-2)10-16(20(27)28)14(18(23)24)7-8-17(21)22/h5-6,12,29H,3-4,7-11H2,1-2H3,(H,21,22)(H,23,24)(H,25,26)(H,27,28). The van der Waals surface area contributed by atoms with Gasteiger partial charge in [-0.05, 0) is 37.2 Å².